The van der Waals surface area contributed by atoms with Crippen LogP contribution in [0.3, 0.4) is 0 Å². The van der Waals surface area contributed by atoms with Crippen LogP contribution in [0.5, 0.6) is 0 Å². The van der Waals surface area contributed by atoms with Gasteiger partial charge in [0.2, 0.25) is 0 Å². The molecule has 2 aromatic carbocycles. The predicted octanol–water partition coefficient (Wildman–Crippen LogP) is 3.85. The number of nitrogens with one attached hydrogen (secondary N) is 1. The highest BCUT2D eigenvalue weighted by Crippen LogP contribution is 2.20. The molecular formula is C20H18N4O3. The quantitative estimate of drug-likeness (QED) is 0.425. The number of aryl methyl sites for hydroxylation is 1. The van der Waals surface area contributed by atoms with E-state index in [1.54, 1.807) is 38.1 Å². The fourth-order valence-electron chi connectivity index (χ4n) is 2.68. The molecule has 1 N–H and O–H groups in total. The molecule has 1 aromatic heterocycles. The molecule has 0 spiro atoms. The van der Waals surface area contributed by atoms with Crippen LogP contribution in [0.4, 0.5) is 5.69 Å². The third kappa shape index (κ3) is 3.92. The van der Waals surface area contributed by atoms with Crippen LogP contribution >= 0.6 is 0 Å². The summed E-state index contributed by atoms with van der Waals surface area (Å²) in [5.41, 5.74) is 5.38. The zero-order valence-corrected chi connectivity index (χ0v) is 14.9. The summed E-state index contributed by atoms with van der Waals surface area (Å²) in [7, 11) is 0. The van der Waals surface area contributed by atoms with Gasteiger partial charge in [0.25, 0.3) is 11.6 Å². The number of nitrogens with zero attached hydrogens (tertiary/aromatic N) is 3. The van der Waals surface area contributed by atoms with Crippen LogP contribution in [-0.2, 0) is 0 Å². The van der Waals surface area contributed by atoms with Crippen LogP contribution in [0.1, 0.15) is 28.4 Å². The molecule has 1 heterocycles. The van der Waals surface area contributed by atoms with Crippen molar-refractivity contribution in [1.82, 2.24) is 9.99 Å². The lowest BCUT2D eigenvalue weighted by Crippen LogP contribution is -2.21. The van der Waals surface area contributed by atoms with Crippen molar-refractivity contribution in [3.63, 3.8) is 0 Å². The van der Waals surface area contributed by atoms with Gasteiger partial charge in [-0.2, -0.15) is 5.10 Å². The number of nitro benzene ring substituents is 1. The van der Waals surface area contributed by atoms with Gasteiger partial charge in [0.1, 0.15) is 0 Å². The Balaban J connectivity index is 1.84. The number of rotatable bonds is 5. The van der Waals surface area contributed by atoms with E-state index in [1.165, 1.54) is 6.07 Å². The molecule has 0 unspecified atom stereocenters. The fraction of sp³-hybridized carbons (Fsp3) is 0.100. The first-order chi connectivity index (χ1) is 13.0. The Bertz CT molecular complexity index is 1020. The van der Waals surface area contributed by atoms with E-state index in [-0.39, 0.29) is 11.6 Å². The van der Waals surface area contributed by atoms with E-state index in [4.69, 9.17) is 0 Å². The van der Waals surface area contributed by atoms with Gasteiger partial charge in [0, 0.05) is 29.6 Å². The molecule has 136 valence electrons. The Morgan fingerprint density at radius 2 is 1.81 bits per heavy atom. The molecule has 0 atom stereocenters. The highest BCUT2D eigenvalue weighted by atomic mass is 16.6. The molecule has 0 aliphatic carbocycles. The largest absolute Gasteiger partial charge is 0.323 e. The third-order valence-corrected chi connectivity index (χ3v) is 4.18. The normalized spacial score (nSPS) is 11.3. The Morgan fingerprint density at radius 3 is 2.52 bits per heavy atom. The number of hydrogen-bond donors (Lipinski definition) is 1. The number of carbonyl (C=O) groups excluding carboxylic acids is 1. The first-order valence-corrected chi connectivity index (χ1v) is 8.30. The molecule has 7 heteroatoms. The summed E-state index contributed by atoms with van der Waals surface area (Å²) in [6.45, 7) is 3.36. The van der Waals surface area contributed by atoms with Gasteiger partial charge in [-0.3, -0.25) is 14.9 Å². The first-order valence-electron chi connectivity index (χ1n) is 8.30. The second-order valence-electron chi connectivity index (χ2n) is 6.00. The van der Waals surface area contributed by atoms with Gasteiger partial charge in [-0.25, -0.2) is 5.43 Å². The monoisotopic (exact) mass is 362 g/mol. The smallest absolute Gasteiger partial charge is 0.273 e. The van der Waals surface area contributed by atoms with Crippen LogP contribution in [0.25, 0.3) is 5.69 Å². The molecular weight excluding hydrogens is 344 g/mol. The highest BCUT2D eigenvalue weighted by molar-refractivity contribution is 6.02. The van der Waals surface area contributed by atoms with E-state index in [0.29, 0.717) is 22.4 Å². The van der Waals surface area contributed by atoms with Crippen LogP contribution in [0.15, 0.2) is 72.1 Å². The number of hydrogen-bond acceptors (Lipinski definition) is 4. The molecule has 7 nitrogen and oxygen atoms in total. The van der Waals surface area contributed by atoms with Crippen LogP contribution in [0, 0.1) is 17.0 Å². The van der Waals surface area contributed by atoms with E-state index >= 15 is 0 Å². The van der Waals surface area contributed by atoms with Crippen molar-refractivity contribution in [2.45, 2.75) is 13.8 Å². The van der Waals surface area contributed by atoms with Gasteiger partial charge in [-0.1, -0.05) is 24.3 Å². The minimum Gasteiger partial charge on any atom is -0.323 e. The Hall–Kier alpha value is -3.74. The van der Waals surface area contributed by atoms with E-state index in [1.807, 2.05) is 41.2 Å². The summed E-state index contributed by atoms with van der Waals surface area (Å²) >= 11 is 0. The Labute approximate surface area is 156 Å². The van der Waals surface area contributed by atoms with E-state index in [9.17, 15) is 14.9 Å². The second kappa shape index (κ2) is 7.65. The van der Waals surface area contributed by atoms with Crippen molar-refractivity contribution < 1.29 is 9.72 Å². The number of benzene rings is 2. The van der Waals surface area contributed by atoms with Crippen molar-refractivity contribution in [1.29, 1.82) is 0 Å². The van der Waals surface area contributed by atoms with Gasteiger partial charge < -0.3 is 4.57 Å². The zero-order chi connectivity index (χ0) is 19.4. The fourth-order valence-corrected chi connectivity index (χ4v) is 2.68. The molecule has 0 aliphatic rings. The summed E-state index contributed by atoms with van der Waals surface area (Å²) < 4.78 is 1.84. The highest BCUT2D eigenvalue weighted by Gasteiger charge is 2.14. The van der Waals surface area contributed by atoms with E-state index in [0.717, 1.165) is 5.69 Å². The number of aromatic nitrogens is 1. The van der Waals surface area contributed by atoms with Crippen LogP contribution in [0.2, 0.25) is 0 Å². The third-order valence-electron chi connectivity index (χ3n) is 4.18. The maximum Gasteiger partial charge on any atom is 0.273 e. The number of carbonyl (C=O) groups is 1. The van der Waals surface area contributed by atoms with Crippen LogP contribution in [-0.4, -0.2) is 21.1 Å². The Morgan fingerprint density at radius 1 is 1.11 bits per heavy atom. The average Bonchev–Trinajstić information content (AvgIpc) is 3.20. The summed E-state index contributed by atoms with van der Waals surface area (Å²) in [5.74, 6) is -0.361. The maximum absolute atomic E-state index is 12.6. The van der Waals surface area contributed by atoms with Gasteiger partial charge in [0.15, 0.2) is 0 Å². The van der Waals surface area contributed by atoms with E-state index in [2.05, 4.69) is 10.5 Å². The standard InChI is InChI=1S/C20H18N4O3/c1-14-9-10-16(13-19(14)24(26)27)15(2)21-22-20(25)17-7-3-4-8-18(17)23-11-5-6-12-23/h3-13H,1-2H3,(H,22,25)/b21-15-. The number of para-hydroxylation sites is 1. The lowest BCUT2D eigenvalue weighted by molar-refractivity contribution is -0.385. The second-order valence-corrected chi connectivity index (χ2v) is 6.00. The summed E-state index contributed by atoms with van der Waals surface area (Å²) in [5, 5.41) is 15.2. The summed E-state index contributed by atoms with van der Waals surface area (Å²) in [6, 6.07) is 15.8. The molecule has 0 bridgehead atoms. The minimum atomic E-state index is -0.433. The zero-order valence-electron chi connectivity index (χ0n) is 14.9. The van der Waals surface area contributed by atoms with Gasteiger partial charge in [-0.05, 0) is 38.1 Å². The van der Waals surface area contributed by atoms with E-state index < -0.39 is 4.92 Å². The predicted molar refractivity (Wildman–Crippen MR) is 103 cm³/mol. The molecule has 3 aromatic rings. The van der Waals surface area contributed by atoms with Crippen molar-refractivity contribution >= 4 is 17.3 Å². The molecule has 0 fully saturated rings. The molecule has 0 aliphatic heterocycles. The summed E-state index contributed by atoms with van der Waals surface area (Å²) in [6.07, 6.45) is 3.71. The molecule has 3 rings (SSSR count). The SMILES string of the molecule is C/C(=N/NC(=O)c1ccccc1-n1cccc1)c1ccc(C)c([N+](=O)[O-])c1. The number of amides is 1. The van der Waals surface area contributed by atoms with Gasteiger partial charge >= 0.3 is 0 Å². The average molecular weight is 362 g/mol. The molecule has 0 radical (unpaired) electrons. The summed E-state index contributed by atoms with van der Waals surface area (Å²) in [4.78, 5) is 23.2. The molecule has 0 saturated heterocycles. The van der Waals surface area contributed by atoms with Gasteiger partial charge in [0.05, 0.1) is 21.9 Å². The topological polar surface area (TPSA) is 89.5 Å². The van der Waals surface area contributed by atoms with Crippen molar-refractivity contribution in [3.8, 4) is 5.69 Å². The number of hydrazone groups is 1. The van der Waals surface area contributed by atoms with Gasteiger partial charge in [-0.15, -0.1) is 0 Å². The lowest BCUT2D eigenvalue weighted by atomic mass is 10.1. The maximum atomic E-state index is 12.6. The Kier molecular flexibility index (Phi) is 5.12. The van der Waals surface area contributed by atoms with Crippen molar-refractivity contribution in [2.24, 2.45) is 5.10 Å². The molecule has 27 heavy (non-hydrogen) atoms. The minimum absolute atomic E-state index is 0.0197. The molecule has 0 saturated carbocycles. The number of nitro groups is 1. The lowest BCUT2D eigenvalue weighted by Gasteiger charge is -2.09. The van der Waals surface area contributed by atoms with Crippen LogP contribution < -0.4 is 5.43 Å². The van der Waals surface area contributed by atoms with Crippen molar-refractivity contribution in [3.05, 3.63) is 93.8 Å². The van der Waals surface area contributed by atoms with Crippen molar-refractivity contribution in [2.75, 3.05) is 0 Å². The first kappa shape index (κ1) is 18.1. The molecule has 1 amide bonds.